The van der Waals surface area contributed by atoms with Gasteiger partial charge >= 0.3 is 0 Å². The van der Waals surface area contributed by atoms with Crippen molar-refractivity contribution in [2.45, 2.75) is 39.2 Å². The number of halogens is 1. The van der Waals surface area contributed by atoms with Crippen LogP contribution in [0.25, 0.3) is 0 Å². The summed E-state index contributed by atoms with van der Waals surface area (Å²) in [5.74, 6) is 0.516. The first-order valence-corrected chi connectivity index (χ1v) is 8.31. The van der Waals surface area contributed by atoms with E-state index in [4.69, 9.17) is 11.6 Å². The van der Waals surface area contributed by atoms with Crippen LogP contribution in [0.15, 0.2) is 0 Å². The van der Waals surface area contributed by atoms with Gasteiger partial charge < -0.3 is 4.90 Å². The Morgan fingerprint density at radius 2 is 1.88 bits per heavy atom. The van der Waals surface area contributed by atoms with Crippen LogP contribution >= 0.6 is 11.6 Å². The van der Waals surface area contributed by atoms with Crippen LogP contribution in [-0.4, -0.2) is 51.1 Å². The Bertz CT molecular complexity index is 281. The average molecular weight is 285 g/mol. The summed E-state index contributed by atoms with van der Waals surface area (Å²) in [6.45, 7) is 5.82. The Morgan fingerprint density at radius 1 is 1.24 bits per heavy atom. The third-order valence-corrected chi connectivity index (χ3v) is 4.43. The van der Waals surface area contributed by atoms with Crippen LogP contribution in [0.5, 0.6) is 0 Å². The zero-order chi connectivity index (χ0) is 13.3. The standard InChI is InChI=1S/C11H25ClN2O2S/c1-11(2)14(3)9-5-4-8-13-17(15,16)10-6-7-12/h11,13H,4-10H2,1-3H3. The number of hydrogen-bond donors (Lipinski definition) is 1. The lowest BCUT2D eigenvalue weighted by molar-refractivity contribution is 0.268. The van der Waals surface area contributed by atoms with Gasteiger partial charge in [-0.15, -0.1) is 11.6 Å². The van der Waals surface area contributed by atoms with E-state index >= 15 is 0 Å². The lowest BCUT2D eigenvalue weighted by Gasteiger charge is -2.20. The zero-order valence-electron chi connectivity index (χ0n) is 11.1. The minimum atomic E-state index is -3.11. The summed E-state index contributed by atoms with van der Waals surface area (Å²) in [6.07, 6.45) is 2.39. The topological polar surface area (TPSA) is 49.4 Å². The highest BCUT2D eigenvalue weighted by molar-refractivity contribution is 7.89. The molecule has 0 saturated heterocycles. The molecule has 0 unspecified atom stereocenters. The quantitative estimate of drug-likeness (QED) is 0.490. The summed E-state index contributed by atoms with van der Waals surface area (Å²) in [5, 5.41) is 0. The minimum absolute atomic E-state index is 0.127. The van der Waals surface area contributed by atoms with Crippen molar-refractivity contribution in [2.75, 3.05) is 31.8 Å². The molecule has 104 valence electrons. The molecule has 0 aliphatic carbocycles. The second-order valence-electron chi connectivity index (χ2n) is 4.54. The Kier molecular flexibility index (Phi) is 9.22. The van der Waals surface area contributed by atoms with Gasteiger partial charge in [0.15, 0.2) is 0 Å². The van der Waals surface area contributed by atoms with Crippen molar-refractivity contribution in [3.63, 3.8) is 0 Å². The van der Waals surface area contributed by atoms with E-state index in [1.165, 1.54) is 0 Å². The first-order chi connectivity index (χ1) is 7.89. The molecule has 0 rings (SSSR count). The number of nitrogens with one attached hydrogen (secondary N) is 1. The van der Waals surface area contributed by atoms with Crippen molar-refractivity contribution in [1.82, 2.24) is 9.62 Å². The summed E-state index contributed by atoms with van der Waals surface area (Å²) in [6, 6.07) is 0.537. The highest BCUT2D eigenvalue weighted by atomic mass is 35.5. The van der Waals surface area contributed by atoms with Crippen LogP contribution in [0.2, 0.25) is 0 Å². The van der Waals surface area contributed by atoms with Gasteiger partial charge in [-0.3, -0.25) is 0 Å². The summed E-state index contributed by atoms with van der Waals surface area (Å²) in [7, 11) is -1.03. The molecule has 0 spiro atoms. The number of unbranched alkanes of at least 4 members (excludes halogenated alkanes) is 1. The van der Waals surface area contributed by atoms with E-state index in [1.807, 2.05) is 0 Å². The van der Waals surface area contributed by atoms with Crippen LogP contribution in [0.4, 0.5) is 0 Å². The monoisotopic (exact) mass is 284 g/mol. The average Bonchev–Trinajstić information content (AvgIpc) is 2.25. The molecule has 1 N–H and O–H groups in total. The molecule has 0 heterocycles. The Labute approximate surface area is 111 Å². The van der Waals surface area contributed by atoms with Crippen molar-refractivity contribution < 1.29 is 8.42 Å². The smallest absolute Gasteiger partial charge is 0.211 e. The molecule has 0 atom stereocenters. The molecule has 0 aromatic rings. The van der Waals surface area contributed by atoms with Crippen LogP contribution in [0.1, 0.15) is 33.1 Å². The maximum Gasteiger partial charge on any atom is 0.211 e. The van der Waals surface area contributed by atoms with Crippen LogP contribution in [0.3, 0.4) is 0 Å². The van der Waals surface area contributed by atoms with Gasteiger partial charge in [-0.1, -0.05) is 0 Å². The second-order valence-corrected chi connectivity index (χ2v) is 6.84. The summed E-state index contributed by atoms with van der Waals surface area (Å²) in [4.78, 5) is 2.25. The number of rotatable bonds is 10. The van der Waals surface area contributed by atoms with Crippen molar-refractivity contribution in [3.05, 3.63) is 0 Å². The molecule has 17 heavy (non-hydrogen) atoms. The van der Waals surface area contributed by atoms with E-state index in [2.05, 4.69) is 30.5 Å². The van der Waals surface area contributed by atoms with Crippen LogP contribution < -0.4 is 4.72 Å². The first kappa shape index (κ1) is 17.2. The molecular weight excluding hydrogens is 260 g/mol. The predicted molar refractivity (Wildman–Crippen MR) is 74.1 cm³/mol. The largest absolute Gasteiger partial charge is 0.304 e. The van der Waals surface area contributed by atoms with E-state index in [0.717, 1.165) is 19.4 Å². The van der Waals surface area contributed by atoms with Gasteiger partial charge in [0, 0.05) is 18.5 Å². The van der Waals surface area contributed by atoms with Crippen molar-refractivity contribution in [1.29, 1.82) is 0 Å². The van der Waals surface area contributed by atoms with Gasteiger partial charge in [0.2, 0.25) is 10.0 Å². The third kappa shape index (κ3) is 9.83. The van der Waals surface area contributed by atoms with E-state index in [9.17, 15) is 8.42 Å². The number of nitrogens with zero attached hydrogens (tertiary/aromatic N) is 1. The fourth-order valence-corrected chi connectivity index (χ4v) is 2.70. The summed E-state index contributed by atoms with van der Waals surface area (Å²) >= 11 is 5.46. The molecule has 0 radical (unpaired) electrons. The molecule has 0 aliphatic heterocycles. The Balaban J connectivity index is 3.57. The maximum atomic E-state index is 11.4. The van der Waals surface area contributed by atoms with Gasteiger partial charge in [-0.25, -0.2) is 13.1 Å². The normalized spacial score (nSPS) is 12.6. The number of hydrogen-bond acceptors (Lipinski definition) is 3. The lowest BCUT2D eigenvalue weighted by atomic mass is 10.2. The molecule has 4 nitrogen and oxygen atoms in total. The second kappa shape index (κ2) is 9.14. The molecule has 0 aromatic heterocycles. The van der Waals surface area contributed by atoms with Crippen molar-refractivity contribution in [3.8, 4) is 0 Å². The van der Waals surface area contributed by atoms with Crippen LogP contribution in [0, 0.1) is 0 Å². The molecule has 6 heteroatoms. The molecule has 0 aliphatic rings. The van der Waals surface area contributed by atoms with E-state index < -0.39 is 10.0 Å². The predicted octanol–water partition coefficient (Wildman–Crippen LogP) is 1.66. The zero-order valence-corrected chi connectivity index (χ0v) is 12.6. The first-order valence-electron chi connectivity index (χ1n) is 6.12. The van der Waals surface area contributed by atoms with Gasteiger partial charge in [0.1, 0.15) is 0 Å². The Morgan fingerprint density at radius 3 is 2.41 bits per heavy atom. The van der Waals surface area contributed by atoms with E-state index in [-0.39, 0.29) is 5.75 Å². The van der Waals surface area contributed by atoms with Crippen molar-refractivity contribution >= 4 is 21.6 Å². The molecule has 0 aromatic carbocycles. The SMILES string of the molecule is CC(C)N(C)CCCCNS(=O)(=O)CCCCl. The molecule has 0 bridgehead atoms. The van der Waals surface area contributed by atoms with Crippen LogP contribution in [-0.2, 0) is 10.0 Å². The highest BCUT2D eigenvalue weighted by Crippen LogP contribution is 1.98. The fraction of sp³-hybridized carbons (Fsp3) is 1.00. The molecule has 0 amide bonds. The van der Waals surface area contributed by atoms with Gasteiger partial charge in [-0.2, -0.15) is 0 Å². The molecule has 0 fully saturated rings. The minimum Gasteiger partial charge on any atom is -0.304 e. The summed E-state index contributed by atoms with van der Waals surface area (Å²) < 4.78 is 25.4. The van der Waals surface area contributed by atoms with Gasteiger partial charge in [0.25, 0.3) is 0 Å². The van der Waals surface area contributed by atoms with E-state index in [0.29, 0.717) is 24.9 Å². The number of sulfonamides is 1. The number of alkyl halides is 1. The third-order valence-electron chi connectivity index (χ3n) is 2.69. The highest BCUT2D eigenvalue weighted by Gasteiger charge is 2.08. The van der Waals surface area contributed by atoms with Gasteiger partial charge in [0.05, 0.1) is 5.75 Å². The lowest BCUT2D eigenvalue weighted by Crippen LogP contribution is -2.30. The summed E-state index contributed by atoms with van der Waals surface area (Å²) in [5.41, 5.74) is 0. The Hall–Kier alpha value is 0.160. The van der Waals surface area contributed by atoms with E-state index in [1.54, 1.807) is 0 Å². The maximum absolute atomic E-state index is 11.4. The fourth-order valence-electron chi connectivity index (χ4n) is 1.29. The molecule has 0 saturated carbocycles. The molecular formula is C11H25ClN2O2S. The van der Waals surface area contributed by atoms with Gasteiger partial charge in [-0.05, 0) is 46.7 Å². The van der Waals surface area contributed by atoms with Crippen molar-refractivity contribution in [2.24, 2.45) is 0 Å².